The van der Waals surface area contributed by atoms with E-state index in [1.54, 1.807) is 0 Å². The normalized spacial score (nSPS) is 24.9. The molecule has 1 aliphatic heterocycles. The fraction of sp³-hybridized carbons (Fsp3) is 0.533. The zero-order chi connectivity index (χ0) is 13.1. The first-order valence-corrected chi connectivity index (χ1v) is 6.37. The molecule has 1 aromatic rings. The van der Waals surface area contributed by atoms with Gasteiger partial charge in [-0.05, 0) is 47.4 Å². The lowest BCUT2D eigenvalue weighted by molar-refractivity contribution is -0.0859. The molecule has 0 saturated carbocycles. The predicted octanol–water partition coefficient (Wildman–Crippen LogP) is 2.15. The summed E-state index contributed by atoms with van der Waals surface area (Å²) in [5.41, 5.74) is 5.55. The van der Waals surface area contributed by atoms with Crippen molar-refractivity contribution in [2.45, 2.75) is 46.5 Å². The van der Waals surface area contributed by atoms with Crippen molar-refractivity contribution in [3.8, 4) is 0 Å². The Bertz CT molecular complexity index is 543. The highest BCUT2D eigenvalue weighted by molar-refractivity contribution is 6.02. The fourth-order valence-corrected chi connectivity index (χ4v) is 3.29. The summed E-state index contributed by atoms with van der Waals surface area (Å²) in [4.78, 5) is 12.0. The number of benzene rings is 1. The van der Waals surface area contributed by atoms with Gasteiger partial charge in [-0.25, -0.2) is 0 Å². The van der Waals surface area contributed by atoms with Gasteiger partial charge >= 0.3 is 0 Å². The van der Waals surface area contributed by atoms with E-state index in [9.17, 15) is 9.90 Å². The minimum absolute atomic E-state index is 0.263. The molecule has 0 aromatic heterocycles. The molecule has 0 amide bonds. The maximum absolute atomic E-state index is 12.0. The third kappa shape index (κ3) is 1.62. The first-order valence-electron chi connectivity index (χ1n) is 6.37. The van der Waals surface area contributed by atoms with Gasteiger partial charge in [0.25, 0.3) is 0 Å². The zero-order valence-electron chi connectivity index (χ0n) is 11.0. The smallest absolute Gasteiger partial charge is 0.220 e. The van der Waals surface area contributed by atoms with E-state index in [1.807, 2.05) is 6.92 Å². The van der Waals surface area contributed by atoms with Crippen molar-refractivity contribution >= 4 is 5.78 Å². The van der Waals surface area contributed by atoms with E-state index in [2.05, 4.69) is 19.9 Å². The zero-order valence-corrected chi connectivity index (χ0v) is 11.0. The average molecular weight is 246 g/mol. The number of carbonyl (C=O) groups excluding carboxylic acids is 1. The minimum atomic E-state index is -1.29. The highest BCUT2D eigenvalue weighted by Gasteiger charge is 2.35. The topological polar surface area (TPSA) is 46.5 Å². The summed E-state index contributed by atoms with van der Waals surface area (Å²) in [6.07, 6.45) is 0.766. The van der Waals surface area contributed by atoms with Crippen molar-refractivity contribution in [1.82, 2.24) is 0 Å². The molecule has 0 spiro atoms. The summed E-state index contributed by atoms with van der Waals surface area (Å²) < 4.78 is 5.09. The standard InChI is InChI=1S/C15H18O3/c1-8-11-6-15(2,3)5-9(11)4-10-7-18-14(17)13(16)12(8)10/h4,14,17H,5-7H2,1-3H3/t14-/m1/s1. The first-order chi connectivity index (χ1) is 8.39. The molecule has 0 fully saturated rings. The Morgan fingerprint density at radius 1 is 1.33 bits per heavy atom. The van der Waals surface area contributed by atoms with Crippen LogP contribution in [0.4, 0.5) is 0 Å². The number of carbonyl (C=O) groups is 1. The molecule has 96 valence electrons. The molecular formula is C15H18O3. The van der Waals surface area contributed by atoms with Crippen LogP contribution in [0.1, 0.15) is 46.5 Å². The van der Waals surface area contributed by atoms with Crippen LogP contribution >= 0.6 is 0 Å². The Morgan fingerprint density at radius 3 is 2.78 bits per heavy atom. The Kier molecular flexibility index (Phi) is 2.41. The fourth-order valence-electron chi connectivity index (χ4n) is 3.29. The Morgan fingerprint density at radius 2 is 2.06 bits per heavy atom. The van der Waals surface area contributed by atoms with Crippen molar-refractivity contribution in [3.05, 3.63) is 33.9 Å². The quantitative estimate of drug-likeness (QED) is 0.763. The minimum Gasteiger partial charge on any atom is -0.362 e. The summed E-state index contributed by atoms with van der Waals surface area (Å²) in [6, 6.07) is 2.09. The second-order valence-corrected chi connectivity index (χ2v) is 6.22. The highest BCUT2D eigenvalue weighted by Crippen LogP contribution is 2.40. The maximum atomic E-state index is 12.0. The van der Waals surface area contributed by atoms with Crippen LogP contribution in [0.3, 0.4) is 0 Å². The first kappa shape index (κ1) is 11.9. The van der Waals surface area contributed by atoms with Crippen molar-refractivity contribution in [1.29, 1.82) is 0 Å². The molecule has 2 aliphatic rings. The third-order valence-electron chi connectivity index (χ3n) is 4.08. The largest absolute Gasteiger partial charge is 0.362 e. The third-order valence-corrected chi connectivity index (χ3v) is 4.08. The van der Waals surface area contributed by atoms with E-state index in [0.29, 0.717) is 12.2 Å². The Balaban J connectivity index is 2.18. The second-order valence-electron chi connectivity index (χ2n) is 6.22. The van der Waals surface area contributed by atoms with E-state index in [0.717, 1.165) is 24.0 Å². The molecule has 0 radical (unpaired) electrons. The number of aliphatic hydroxyl groups excluding tert-OH is 1. The number of hydrogen-bond donors (Lipinski definition) is 1. The van der Waals surface area contributed by atoms with Gasteiger partial charge in [-0.2, -0.15) is 0 Å². The van der Waals surface area contributed by atoms with Crippen LogP contribution in [0.25, 0.3) is 0 Å². The van der Waals surface area contributed by atoms with Gasteiger partial charge in [0.2, 0.25) is 12.1 Å². The second kappa shape index (κ2) is 3.65. The van der Waals surface area contributed by atoms with E-state index in [1.165, 1.54) is 11.1 Å². The van der Waals surface area contributed by atoms with Crippen LogP contribution in [0.5, 0.6) is 0 Å². The van der Waals surface area contributed by atoms with Crippen molar-refractivity contribution in [3.63, 3.8) is 0 Å². The van der Waals surface area contributed by atoms with E-state index < -0.39 is 6.29 Å². The van der Waals surface area contributed by atoms with Crippen molar-refractivity contribution < 1.29 is 14.6 Å². The van der Waals surface area contributed by atoms with Gasteiger partial charge in [0.1, 0.15) is 0 Å². The van der Waals surface area contributed by atoms with Crippen LogP contribution in [0.2, 0.25) is 0 Å². The van der Waals surface area contributed by atoms with Gasteiger partial charge in [-0.15, -0.1) is 0 Å². The number of fused-ring (bicyclic) bond motifs is 2. The van der Waals surface area contributed by atoms with Gasteiger partial charge in [-0.3, -0.25) is 4.79 Å². The highest BCUT2D eigenvalue weighted by atomic mass is 16.6. The van der Waals surface area contributed by atoms with Crippen LogP contribution in [-0.4, -0.2) is 17.2 Å². The van der Waals surface area contributed by atoms with Gasteiger partial charge in [-0.1, -0.05) is 19.9 Å². The van der Waals surface area contributed by atoms with Gasteiger partial charge in [0, 0.05) is 5.56 Å². The molecule has 1 heterocycles. The van der Waals surface area contributed by atoms with E-state index >= 15 is 0 Å². The van der Waals surface area contributed by atoms with Gasteiger partial charge < -0.3 is 9.84 Å². The summed E-state index contributed by atoms with van der Waals surface area (Å²) >= 11 is 0. The lowest BCUT2D eigenvalue weighted by Gasteiger charge is -2.23. The Labute approximate surface area is 107 Å². The van der Waals surface area contributed by atoms with Crippen LogP contribution in [0, 0.1) is 12.3 Å². The summed E-state index contributed by atoms with van der Waals surface area (Å²) in [5, 5.41) is 9.53. The van der Waals surface area contributed by atoms with Gasteiger partial charge in [0.15, 0.2) is 0 Å². The number of ketones is 1. The summed E-state index contributed by atoms with van der Waals surface area (Å²) in [5.74, 6) is -0.291. The van der Waals surface area contributed by atoms with Gasteiger partial charge in [0.05, 0.1) is 6.61 Å². The van der Waals surface area contributed by atoms with Crippen LogP contribution in [-0.2, 0) is 24.2 Å². The maximum Gasteiger partial charge on any atom is 0.220 e. The monoisotopic (exact) mass is 246 g/mol. The predicted molar refractivity (Wildman–Crippen MR) is 67.5 cm³/mol. The molecule has 18 heavy (non-hydrogen) atoms. The molecule has 1 aliphatic carbocycles. The van der Waals surface area contributed by atoms with Crippen LogP contribution in [0.15, 0.2) is 6.07 Å². The Hall–Kier alpha value is -1.19. The number of rotatable bonds is 0. The summed E-state index contributed by atoms with van der Waals surface area (Å²) in [7, 11) is 0. The molecule has 3 nitrogen and oxygen atoms in total. The molecule has 3 heteroatoms. The molecule has 1 aromatic carbocycles. The SMILES string of the molecule is Cc1c2c(cc3c1C(=O)[C@H](O)OC3)CC(C)(C)C2. The van der Waals surface area contributed by atoms with Crippen molar-refractivity contribution in [2.24, 2.45) is 5.41 Å². The lowest BCUT2D eigenvalue weighted by Crippen LogP contribution is -2.30. The molecule has 3 rings (SSSR count). The molecule has 0 bridgehead atoms. The molecule has 0 saturated heterocycles. The lowest BCUT2D eigenvalue weighted by atomic mass is 9.89. The number of hydrogen-bond acceptors (Lipinski definition) is 3. The molecule has 1 atom stereocenters. The molecular weight excluding hydrogens is 228 g/mol. The number of aliphatic hydroxyl groups is 1. The van der Waals surface area contributed by atoms with E-state index in [-0.39, 0.29) is 11.2 Å². The average Bonchev–Trinajstić information content (AvgIpc) is 2.59. The summed E-state index contributed by atoms with van der Waals surface area (Å²) in [6.45, 7) is 6.82. The van der Waals surface area contributed by atoms with E-state index in [4.69, 9.17) is 4.74 Å². The van der Waals surface area contributed by atoms with Crippen molar-refractivity contribution in [2.75, 3.05) is 0 Å². The number of ether oxygens (including phenoxy) is 1. The van der Waals surface area contributed by atoms with Crippen LogP contribution < -0.4 is 0 Å². The molecule has 0 unspecified atom stereocenters. The molecule has 1 N–H and O–H groups in total. The number of Topliss-reactive ketones (excluding diaryl/α,β-unsaturated/α-hetero) is 1.